The number of carbonyl (C=O) groups excluding carboxylic acids is 1. The first kappa shape index (κ1) is 27.3. The number of ether oxygens (including phenoxy) is 3. The second kappa shape index (κ2) is 10.6. The van der Waals surface area contributed by atoms with E-state index < -0.39 is 11.7 Å². The molecule has 4 fully saturated rings. The SMILES string of the molecule is CC1(C)OCC2(CCN(C(=O)OCc3ccccc3)CC2)C1O.CC1(C)OCC2(CCNCC2)C1O. The molecule has 0 saturated carbocycles. The maximum Gasteiger partial charge on any atom is 0.410 e. The van der Waals surface area contributed by atoms with Crippen molar-refractivity contribution in [1.29, 1.82) is 0 Å². The number of aliphatic hydroxyl groups excluding tert-OH is 2. The van der Waals surface area contributed by atoms with Crippen LogP contribution in [0.4, 0.5) is 4.79 Å². The van der Waals surface area contributed by atoms with Gasteiger partial charge in [-0.3, -0.25) is 0 Å². The van der Waals surface area contributed by atoms with Gasteiger partial charge in [0.1, 0.15) is 6.61 Å². The molecule has 0 aliphatic carbocycles. The Morgan fingerprint density at radius 1 is 0.917 bits per heavy atom. The normalized spacial score (nSPS) is 29.6. The molecule has 4 saturated heterocycles. The van der Waals surface area contributed by atoms with Crippen LogP contribution in [0.5, 0.6) is 0 Å². The highest BCUT2D eigenvalue weighted by molar-refractivity contribution is 5.67. The van der Waals surface area contributed by atoms with Gasteiger partial charge in [-0.05, 0) is 72.0 Å². The average Bonchev–Trinajstić information content (AvgIpc) is 3.24. The number of hydrogen-bond acceptors (Lipinski definition) is 7. The lowest BCUT2D eigenvalue weighted by Gasteiger charge is -2.41. The van der Waals surface area contributed by atoms with Crippen LogP contribution in [0.1, 0.15) is 58.9 Å². The van der Waals surface area contributed by atoms with Gasteiger partial charge in [-0.2, -0.15) is 0 Å². The van der Waals surface area contributed by atoms with Crippen molar-refractivity contribution in [2.75, 3.05) is 39.4 Å². The van der Waals surface area contributed by atoms with Crippen LogP contribution in [0.2, 0.25) is 0 Å². The van der Waals surface area contributed by atoms with E-state index in [0.717, 1.165) is 50.9 Å². The third-order valence-electron chi connectivity index (χ3n) is 8.76. The molecule has 5 rings (SSSR count). The largest absolute Gasteiger partial charge is 0.445 e. The van der Waals surface area contributed by atoms with Gasteiger partial charge in [-0.15, -0.1) is 0 Å². The number of rotatable bonds is 2. The molecule has 4 aliphatic heterocycles. The van der Waals surface area contributed by atoms with Gasteiger partial charge in [0.15, 0.2) is 0 Å². The summed E-state index contributed by atoms with van der Waals surface area (Å²) < 4.78 is 16.8. The van der Waals surface area contributed by atoms with Crippen LogP contribution in [0.3, 0.4) is 0 Å². The molecular formula is C28H44N2O6. The third kappa shape index (κ3) is 5.58. The Balaban J connectivity index is 0.000000197. The Morgan fingerprint density at radius 3 is 1.89 bits per heavy atom. The van der Waals surface area contributed by atoms with Crippen LogP contribution in [-0.2, 0) is 20.8 Å². The molecule has 4 aliphatic rings. The second-order valence-electron chi connectivity index (χ2n) is 12.1. The molecule has 0 radical (unpaired) electrons. The predicted octanol–water partition coefficient (Wildman–Crippen LogP) is 3.10. The van der Waals surface area contributed by atoms with Crippen LogP contribution >= 0.6 is 0 Å². The van der Waals surface area contributed by atoms with E-state index >= 15 is 0 Å². The number of hydrogen-bond donors (Lipinski definition) is 3. The summed E-state index contributed by atoms with van der Waals surface area (Å²) in [6.45, 7) is 12.6. The van der Waals surface area contributed by atoms with Gasteiger partial charge < -0.3 is 34.6 Å². The molecule has 2 spiro atoms. The fraction of sp³-hybridized carbons (Fsp3) is 0.750. The zero-order chi connectivity index (χ0) is 26.0. The van der Waals surface area contributed by atoms with Crippen LogP contribution in [0.25, 0.3) is 0 Å². The molecule has 1 aromatic rings. The Labute approximate surface area is 215 Å². The van der Waals surface area contributed by atoms with E-state index in [2.05, 4.69) is 5.32 Å². The van der Waals surface area contributed by atoms with Crippen LogP contribution < -0.4 is 5.32 Å². The van der Waals surface area contributed by atoms with E-state index in [1.165, 1.54) is 0 Å². The molecule has 1 amide bonds. The summed E-state index contributed by atoms with van der Waals surface area (Å²) in [6, 6.07) is 9.67. The molecule has 202 valence electrons. The summed E-state index contributed by atoms with van der Waals surface area (Å²) in [4.78, 5) is 13.9. The van der Waals surface area contributed by atoms with Gasteiger partial charge in [0.25, 0.3) is 0 Å². The Morgan fingerprint density at radius 2 is 1.42 bits per heavy atom. The first-order chi connectivity index (χ1) is 17.0. The summed E-state index contributed by atoms with van der Waals surface area (Å²) in [5.41, 5.74) is -0.0578. The number of aliphatic hydroxyl groups is 2. The lowest BCUT2D eigenvalue weighted by Crippen LogP contribution is -2.50. The quantitative estimate of drug-likeness (QED) is 0.569. The number of carbonyl (C=O) groups is 1. The first-order valence-corrected chi connectivity index (χ1v) is 13.3. The summed E-state index contributed by atoms with van der Waals surface area (Å²) in [7, 11) is 0. The van der Waals surface area contributed by atoms with E-state index in [1.54, 1.807) is 4.90 Å². The van der Waals surface area contributed by atoms with Crippen molar-refractivity contribution in [3.05, 3.63) is 35.9 Å². The molecule has 8 nitrogen and oxygen atoms in total. The van der Waals surface area contributed by atoms with Gasteiger partial charge in [-0.25, -0.2) is 4.79 Å². The van der Waals surface area contributed by atoms with E-state index in [4.69, 9.17) is 14.2 Å². The van der Waals surface area contributed by atoms with E-state index in [9.17, 15) is 15.0 Å². The third-order valence-corrected chi connectivity index (χ3v) is 8.76. The highest BCUT2D eigenvalue weighted by Gasteiger charge is 2.55. The Bertz CT molecular complexity index is 875. The Kier molecular flexibility index (Phi) is 8.03. The smallest absolute Gasteiger partial charge is 0.410 e. The Hall–Kier alpha value is -1.71. The van der Waals surface area contributed by atoms with Crippen LogP contribution in [0.15, 0.2) is 30.3 Å². The zero-order valence-electron chi connectivity index (χ0n) is 22.3. The summed E-state index contributed by atoms with van der Waals surface area (Å²) in [5.74, 6) is 0. The maximum atomic E-state index is 12.2. The topological polar surface area (TPSA) is 100 Å². The molecule has 2 unspecified atom stereocenters. The summed E-state index contributed by atoms with van der Waals surface area (Å²) >= 11 is 0. The van der Waals surface area contributed by atoms with Crippen molar-refractivity contribution in [2.45, 2.75) is 83.4 Å². The van der Waals surface area contributed by atoms with E-state index in [1.807, 2.05) is 58.0 Å². The van der Waals surface area contributed by atoms with Crippen LogP contribution in [0, 0.1) is 10.8 Å². The van der Waals surface area contributed by atoms with Gasteiger partial charge in [0, 0.05) is 23.9 Å². The molecule has 3 N–H and O–H groups in total. The molecule has 0 aromatic heterocycles. The van der Waals surface area contributed by atoms with Gasteiger partial charge >= 0.3 is 6.09 Å². The van der Waals surface area contributed by atoms with Crippen molar-refractivity contribution < 1.29 is 29.2 Å². The number of piperidine rings is 2. The molecule has 0 bridgehead atoms. The molecule has 1 aromatic carbocycles. The van der Waals surface area contributed by atoms with Crippen molar-refractivity contribution in [3.8, 4) is 0 Å². The van der Waals surface area contributed by atoms with Crippen molar-refractivity contribution in [3.63, 3.8) is 0 Å². The second-order valence-corrected chi connectivity index (χ2v) is 12.1. The highest BCUT2D eigenvalue weighted by Crippen LogP contribution is 2.47. The maximum absolute atomic E-state index is 12.2. The monoisotopic (exact) mass is 504 g/mol. The minimum Gasteiger partial charge on any atom is -0.445 e. The number of likely N-dealkylation sites (tertiary alicyclic amines) is 1. The molecule has 36 heavy (non-hydrogen) atoms. The minimum absolute atomic E-state index is 0.0365. The predicted molar refractivity (Wildman–Crippen MR) is 136 cm³/mol. The number of nitrogens with zero attached hydrogens (tertiary/aromatic N) is 1. The average molecular weight is 505 g/mol. The fourth-order valence-corrected chi connectivity index (χ4v) is 6.16. The van der Waals surface area contributed by atoms with Gasteiger partial charge in [0.05, 0.1) is 36.6 Å². The van der Waals surface area contributed by atoms with Crippen molar-refractivity contribution >= 4 is 6.09 Å². The summed E-state index contributed by atoms with van der Waals surface area (Å²) in [5, 5.41) is 24.0. The molecule has 4 heterocycles. The van der Waals surface area contributed by atoms with E-state index in [-0.39, 0.29) is 28.6 Å². The fourth-order valence-electron chi connectivity index (χ4n) is 6.16. The van der Waals surface area contributed by atoms with Gasteiger partial charge in [0.2, 0.25) is 0 Å². The lowest BCUT2D eigenvalue weighted by molar-refractivity contribution is -0.0455. The standard InChI is InChI=1S/C18H25NO4.C10H19NO2/c1-17(2)15(20)18(13-23-17)8-10-19(11-9-18)16(21)22-12-14-6-4-3-5-7-14;1-9(2)8(12)10(7-13-9)3-5-11-6-4-10/h3-7,15,20H,8-13H2,1-2H3;8,11-12H,3-7H2,1-2H3. The summed E-state index contributed by atoms with van der Waals surface area (Å²) in [6.07, 6.45) is 2.50. The minimum atomic E-state index is -0.504. The lowest BCUT2D eigenvalue weighted by atomic mass is 9.72. The number of amides is 1. The van der Waals surface area contributed by atoms with E-state index in [0.29, 0.717) is 26.3 Å². The van der Waals surface area contributed by atoms with Crippen molar-refractivity contribution in [2.24, 2.45) is 10.8 Å². The molecule has 2 atom stereocenters. The molecule has 8 heteroatoms. The highest BCUT2D eigenvalue weighted by atomic mass is 16.6. The van der Waals surface area contributed by atoms with Gasteiger partial charge in [-0.1, -0.05) is 30.3 Å². The number of benzene rings is 1. The first-order valence-electron chi connectivity index (χ1n) is 13.3. The van der Waals surface area contributed by atoms with Crippen molar-refractivity contribution in [1.82, 2.24) is 10.2 Å². The number of nitrogens with one attached hydrogen (secondary N) is 1. The zero-order valence-corrected chi connectivity index (χ0v) is 22.3. The molecular weight excluding hydrogens is 460 g/mol. The van der Waals surface area contributed by atoms with Crippen LogP contribution in [-0.4, -0.2) is 84.0 Å².